The van der Waals surface area contributed by atoms with Crippen molar-refractivity contribution in [2.45, 2.75) is 25.6 Å². The molecule has 5 rings (SSSR count). The summed E-state index contributed by atoms with van der Waals surface area (Å²) in [6.45, 7) is 5.68. The third-order valence-electron chi connectivity index (χ3n) is 6.97. The molecule has 3 aromatic rings. The molecule has 2 heterocycles. The highest BCUT2D eigenvalue weighted by molar-refractivity contribution is 6.23. The molecule has 1 saturated heterocycles. The minimum atomic E-state index is -4.61. The van der Waals surface area contributed by atoms with Crippen molar-refractivity contribution in [3.05, 3.63) is 89.5 Å². The maximum Gasteiger partial charge on any atom is 0.416 e. The third kappa shape index (κ3) is 5.04. The van der Waals surface area contributed by atoms with Crippen molar-refractivity contribution in [3.63, 3.8) is 0 Å². The third-order valence-corrected chi connectivity index (χ3v) is 6.97. The van der Waals surface area contributed by atoms with Gasteiger partial charge < -0.3 is 9.64 Å². The Kier molecular flexibility index (Phi) is 7.23. The Hall–Kier alpha value is -3.69. The first-order valence-corrected chi connectivity index (χ1v) is 12.6. The summed E-state index contributed by atoms with van der Waals surface area (Å²) in [5, 5.41) is 0. The van der Waals surface area contributed by atoms with Crippen molar-refractivity contribution in [1.29, 1.82) is 0 Å². The number of fused-ring (bicyclic) bond motifs is 1. The molecular weight excluding hydrogens is 495 g/mol. The Balaban J connectivity index is 1.58. The largest absolute Gasteiger partial charge is 0.416 e. The van der Waals surface area contributed by atoms with Gasteiger partial charge in [0.1, 0.15) is 5.92 Å². The molecule has 2 aliphatic rings. The van der Waals surface area contributed by atoms with Gasteiger partial charge in [0.05, 0.1) is 30.2 Å². The summed E-state index contributed by atoms with van der Waals surface area (Å²) < 4.78 is 46.5. The Morgan fingerprint density at radius 3 is 2.18 bits per heavy atom. The Labute approximate surface area is 219 Å². The first-order chi connectivity index (χ1) is 18.3. The van der Waals surface area contributed by atoms with E-state index in [-0.39, 0.29) is 17.9 Å². The fourth-order valence-electron chi connectivity index (χ4n) is 5.02. The van der Waals surface area contributed by atoms with Crippen LogP contribution in [0.4, 0.5) is 30.2 Å². The molecule has 0 saturated carbocycles. The highest BCUT2D eigenvalue weighted by Gasteiger charge is 2.42. The number of carbonyl (C=O) groups excluding carboxylic acids is 2. The quantitative estimate of drug-likeness (QED) is 0.423. The van der Waals surface area contributed by atoms with Gasteiger partial charge in [0.25, 0.3) is 0 Å². The first-order valence-electron chi connectivity index (χ1n) is 12.6. The monoisotopic (exact) mass is 523 g/mol. The molecule has 198 valence electrons. The number of morpholine rings is 1. The fraction of sp³-hybridized carbons (Fsp3) is 0.310. The van der Waals surface area contributed by atoms with Crippen LogP contribution in [0.25, 0.3) is 0 Å². The molecule has 0 spiro atoms. The van der Waals surface area contributed by atoms with E-state index in [2.05, 4.69) is 4.90 Å². The van der Waals surface area contributed by atoms with Gasteiger partial charge in [-0.1, -0.05) is 42.5 Å². The molecule has 0 bridgehead atoms. The number of rotatable bonds is 5. The number of benzene rings is 3. The zero-order valence-electron chi connectivity index (χ0n) is 20.9. The molecule has 2 aliphatic heterocycles. The van der Waals surface area contributed by atoms with Crippen LogP contribution in [0.15, 0.2) is 72.8 Å². The highest BCUT2D eigenvalue weighted by atomic mass is 19.4. The van der Waals surface area contributed by atoms with Gasteiger partial charge in [0, 0.05) is 31.9 Å². The lowest BCUT2D eigenvalue weighted by molar-refractivity contribution is -0.137. The number of amides is 2. The van der Waals surface area contributed by atoms with Gasteiger partial charge in [-0.15, -0.1) is 0 Å². The van der Waals surface area contributed by atoms with E-state index in [0.717, 1.165) is 37.3 Å². The first kappa shape index (κ1) is 25.9. The SMILES string of the molecule is CCN1C(=O)C(c2ccc(CN3CCOCC3)cc2)C(=O)N(c2ccccc2)c2cc(C(F)(F)F)ccc21. The average molecular weight is 524 g/mol. The van der Waals surface area contributed by atoms with Crippen LogP contribution >= 0.6 is 0 Å². The lowest BCUT2D eigenvalue weighted by Crippen LogP contribution is -2.39. The molecule has 1 unspecified atom stereocenters. The summed E-state index contributed by atoms with van der Waals surface area (Å²) in [7, 11) is 0. The molecule has 0 aliphatic carbocycles. The number of nitrogens with zero attached hydrogens (tertiary/aromatic N) is 3. The van der Waals surface area contributed by atoms with E-state index >= 15 is 0 Å². The van der Waals surface area contributed by atoms with Crippen molar-refractivity contribution < 1.29 is 27.5 Å². The molecule has 9 heteroatoms. The van der Waals surface area contributed by atoms with Gasteiger partial charge in [-0.3, -0.25) is 19.4 Å². The number of alkyl halides is 3. The van der Waals surface area contributed by atoms with Crippen LogP contribution < -0.4 is 9.80 Å². The van der Waals surface area contributed by atoms with Crippen molar-refractivity contribution in [3.8, 4) is 0 Å². The summed E-state index contributed by atoms with van der Waals surface area (Å²) in [6.07, 6.45) is -4.61. The molecule has 38 heavy (non-hydrogen) atoms. The van der Waals surface area contributed by atoms with Crippen molar-refractivity contribution in [1.82, 2.24) is 4.90 Å². The Bertz CT molecular complexity index is 1310. The molecule has 3 aromatic carbocycles. The van der Waals surface area contributed by atoms with Gasteiger partial charge in [-0.2, -0.15) is 13.2 Å². The predicted molar refractivity (Wildman–Crippen MR) is 138 cm³/mol. The molecule has 1 fully saturated rings. The molecule has 6 nitrogen and oxygen atoms in total. The van der Waals surface area contributed by atoms with E-state index in [4.69, 9.17) is 4.74 Å². The standard InChI is InChI=1S/C29H28F3N3O3/c1-2-34-24-13-12-22(29(30,31)32)18-25(24)35(23-6-4-3-5-7-23)28(37)26(27(34)36)21-10-8-20(9-11-21)19-33-14-16-38-17-15-33/h3-13,18,26H,2,14-17,19H2,1H3. The van der Waals surface area contributed by atoms with Crippen LogP contribution in [-0.2, 0) is 27.0 Å². The van der Waals surface area contributed by atoms with E-state index in [0.29, 0.717) is 24.5 Å². The van der Waals surface area contributed by atoms with Gasteiger partial charge in [0.2, 0.25) is 11.8 Å². The highest BCUT2D eigenvalue weighted by Crippen LogP contribution is 2.44. The molecule has 1 atom stereocenters. The Morgan fingerprint density at radius 1 is 0.868 bits per heavy atom. The minimum absolute atomic E-state index is 0.0256. The molecule has 0 radical (unpaired) electrons. The lowest BCUT2D eigenvalue weighted by Gasteiger charge is -2.27. The summed E-state index contributed by atoms with van der Waals surface area (Å²) in [4.78, 5) is 32.9. The second-order valence-corrected chi connectivity index (χ2v) is 9.36. The normalized spacial score (nSPS) is 18.9. The zero-order chi connectivity index (χ0) is 26.9. The topological polar surface area (TPSA) is 53.1 Å². The van der Waals surface area contributed by atoms with E-state index in [1.807, 2.05) is 12.1 Å². The number of para-hydroxylation sites is 1. The Morgan fingerprint density at radius 2 is 1.55 bits per heavy atom. The van der Waals surface area contributed by atoms with Crippen molar-refractivity contribution >= 4 is 28.9 Å². The van der Waals surface area contributed by atoms with Crippen LogP contribution in [0.3, 0.4) is 0 Å². The smallest absolute Gasteiger partial charge is 0.379 e. The number of hydrogen-bond donors (Lipinski definition) is 0. The van der Waals surface area contributed by atoms with E-state index < -0.39 is 29.5 Å². The second kappa shape index (κ2) is 10.6. The lowest BCUT2D eigenvalue weighted by atomic mass is 9.95. The number of hydrogen-bond acceptors (Lipinski definition) is 4. The van der Waals surface area contributed by atoms with Gasteiger partial charge in [-0.05, 0) is 48.4 Å². The maximum absolute atomic E-state index is 14.1. The van der Waals surface area contributed by atoms with Gasteiger partial charge in [0.15, 0.2) is 0 Å². The molecule has 0 N–H and O–H groups in total. The molecule has 2 amide bonds. The fourth-order valence-corrected chi connectivity index (χ4v) is 5.02. The van der Waals surface area contributed by atoms with Crippen LogP contribution in [0, 0.1) is 0 Å². The number of carbonyl (C=O) groups is 2. The summed E-state index contributed by atoms with van der Waals surface area (Å²) >= 11 is 0. The van der Waals surface area contributed by atoms with Crippen molar-refractivity contribution in [2.24, 2.45) is 0 Å². The van der Waals surface area contributed by atoms with Crippen LogP contribution in [-0.4, -0.2) is 49.6 Å². The van der Waals surface area contributed by atoms with Gasteiger partial charge >= 0.3 is 6.18 Å². The van der Waals surface area contributed by atoms with Gasteiger partial charge in [-0.25, -0.2) is 0 Å². The van der Waals surface area contributed by atoms with E-state index in [1.165, 1.54) is 15.9 Å². The summed E-state index contributed by atoms with van der Waals surface area (Å²) in [6, 6.07) is 19.0. The van der Waals surface area contributed by atoms with E-state index in [9.17, 15) is 22.8 Å². The molecule has 0 aromatic heterocycles. The van der Waals surface area contributed by atoms with E-state index in [1.54, 1.807) is 49.4 Å². The summed E-state index contributed by atoms with van der Waals surface area (Å²) in [5.74, 6) is -2.29. The average Bonchev–Trinajstić information content (AvgIpc) is 3.00. The van der Waals surface area contributed by atoms with Crippen molar-refractivity contribution in [2.75, 3.05) is 42.6 Å². The van der Waals surface area contributed by atoms with Crippen LogP contribution in [0.1, 0.15) is 29.5 Å². The zero-order valence-corrected chi connectivity index (χ0v) is 20.9. The number of anilines is 3. The minimum Gasteiger partial charge on any atom is -0.379 e. The number of ether oxygens (including phenoxy) is 1. The van der Waals surface area contributed by atoms with Crippen LogP contribution in [0.2, 0.25) is 0 Å². The second-order valence-electron chi connectivity index (χ2n) is 9.36. The van der Waals surface area contributed by atoms with Crippen LogP contribution in [0.5, 0.6) is 0 Å². The maximum atomic E-state index is 14.1. The number of halogens is 3. The summed E-state index contributed by atoms with van der Waals surface area (Å²) in [5.41, 5.74) is 1.31. The number of likely N-dealkylation sites (N-methyl/N-ethyl adjacent to an activating group) is 1. The predicted octanol–water partition coefficient (Wildman–Crippen LogP) is 5.35. The molecular formula is C29H28F3N3O3.